The Bertz CT molecular complexity index is 380. The number of nitrogens with zero attached hydrogens (tertiary/aromatic N) is 1. The van der Waals surface area contributed by atoms with Gasteiger partial charge >= 0.3 is 0 Å². The van der Waals surface area contributed by atoms with Gasteiger partial charge in [0.2, 0.25) is 0 Å². The topological polar surface area (TPSA) is 64.4 Å². The van der Waals surface area contributed by atoms with Crippen molar-refractivity contribution in [2.75, 3.05) is 12.0 Å². The van der Waals surface area contributed by atoms with Gasteiger partial charge in [-0.05, 0) is 37.8 Å². The molecule has 0 saturated carbocycles. The summed E-state index contributed by atoms with van der Waals surface area (Å²) in [6.45, 7) is 3.95. The van der Waals surface area contributed by atoms with Crippen molar-refractivity contribution in [2.24, 2.45) is 16.5 Å². The summed E-state index contributed by atoms with van der Waals surface area (Å²) in [4.78, 5) is 4.34. The lowest BCUT2D eigenvalue weighted by molar-refractivity contribution is 0.554. The van der Waals surface area contributed by atoms with E-state index in [9.17, 15) is 0 Å². The molecule has 0 bridgehead atoms. The van der Waals surface area contributed by atoms with Gasteiger partial charge in [-0.25, -0.2) is 4.99 Å². The molecule has 0 unspecified atom stereocenters. The molecular formula is C12H19N3S. The second-order valence-corrected chi connectivity index (χ2v) is 5.17. The smallest absolute Gasteiger partial charge is 0.110 e. The van der Waals surface area contributed by atoms with Gasteiger partial charge in [-0.15, -0.1) is 0 Å². The van der Waals surface area contributed by atoms with Crippen molar-refractivity contribution in [1.29, 1.82) is 0 Å². The first-order chi connectivity index (χ1) is 7.43. The Labute approximate surface area is 101 Å². The predicted octanol–water partition coefficient (Wildman–Crippen LogP) is 2.23. The van der Waals surface area contributed by atoms with Crippen molar-refractivity contribution >= 4 is 23.3 Å². The lowest BCUT2D eigenvalue weighted by Gasteiger charge is -2.19. The maximum atomic E-state index is 6.03. The molecule has 0 fully saturated rings. The molecule has 0 atom stereocenters. The average molecular weight is 237 g/mol. The van der Waals surface area contributed by atoms with Crippen molar-refractivity contribution in [3.63, 3.8) is 0 Å². The third kappa shape index (κ3) is 3.87. The molecule has 0 aliphatic carbocycles. The van der Waals surface area contributed by atoms with Crippen LogP contribution in [0.2, 0.25) is 0 Å². The first kappa shape index (κ1) is 13.1. The van der Waals surface area contributed by atoms with Gasteiger partial charge < -0.3 is 11.5 Å². The molecule has 4 heteroatoms. The van der Waals surface area contributed by atoms with Gasteiger partial charge in [0.15, 0.2) is 0 Å². The highest BCUT2D eigenvalue weighted by molar-refractivity contribution is 7.99. The van der Waals surface area contributed by atoms with Gasteiger partial charge in [0.25, 0.3) is 0 Å². The summed E-state index contributed by atoms with van der Waals surface area (Å²) in [5.74, 6) is 1.38. The highest BCUT2D eigenvalue weighted by Gasteiger charge is 2.13. The summed E-state index contributed by atoms with van der Waals surface area (Å²) in [5.41, 5.74) is 13.4. The molecule has 0 amide bonds. The quantitative estimate of drug-likeness (QED) is 0.623. The van der Waals surface area contributed by atoms with Crippen molar-refractivity contribution in [3.05, 3.63) is 29.8 Å². The molecule has 0 radical (unpaired) electrons. The molecule has 3 nitrogen and oxygen atoms in total. The van der Waals surface area contributed by atoms with Gasteiger partial charge in [-0.3, -0.25) is 0 Å². The fraction of sp³-hybridized carbons (Fsp3) is 0.417. The standard InChI is InChI=1S/C12H19N3S/c1-12(2,14)9-5-4-6-10(7-9)15-11(13)8-16-3/h4-7H,8,14H2,1-3H3,(H2,13,15). The van der Waals surface area contributed by atoms with Crippen LogP contribution in [0.3, 0.4) is 0 Å². The number of hydrogen-bond acceptors (Lipinski definition) is 3. The molecule has 1 aromatic carbocycles. The zero-order chi connectivity index (χ0) is 12.2. The number of benzene rings is 1. The van der Waals surface area contributed by atoms with E-state index in [1.54, 1.807) is 11.8 Å². The van der Waals surface area contributed by atoms with Gasteiger partial charge in [0, 0.05) is 5.54 Å². The molecule has 0 aliphatic heterocycles. The first-order valence-corrected chi connectivity index (χ1v) is 6.54. The van der Waals surface area contributed by atoms with Crippen LogP contribution in [0.1, 0.15) is 19.4 Å². The second-order valence-electron chi connectivity index (χ2n) is 4.31. The van der Waals surface area contributed by atoms with Crippen LogP contribution in [-0.2, 0) is 5.54 Å². The van der Waals surface area contributed by atoms with E-state index in [1.165, 1.54) is 0 Å². The molecule has 0 spiro atoms. The van der Waals surface area contributed by atoms with Crippen molar-refractivity contribution in [3.8, 4) is 0 Å². The molecule has 0 aromatic heterocycles. The Kier molecular flexibility index (Phi) is 4.38. The second kappa shape index (κ2) is 5.37. The van der Waals surface area contributed by atoms with Gasteiger partial charge in [-0.2, -0.15) is 11.8 Å². The summed E-state index contributed by atoms with van der Waals surface area (Å²) in [6.07, 6.45) is 2.00. The Morgan fingerprint density at radius 1 is 1.44 bits per heavy atom. The number of nitrogens with two attached hydrogens (primary N) is 2. The molecule has 1 aromatic rings. The Balaban J connectivity index is 2.95. The molecule has 4 N–H and O–H groups in total. The number of aliphatic imine (C=N–C) groups is 1. The Morgan fingerprint density at radius 2 is 2.12 bits per heavy atom. The van der Waals surface area contributed by atoms with Crippen LogP contribution in [-0.4, -0.2) is 17.8 Å². The highest BCUT2D eigenvalue weighted by atomic mass is 32.2. The number of rotatable bonds is 4. The lowest BCUT2D eigenvalue weighted by atomic mass is 9.95. The Hall–Kier alpha value is -1.00. The van der Waals surface area contributed by atoms with Gasteiger partial charge in [-0.1, -0.05) is 12.1 Å². The van der Waals surface area contributed by atoms with E-state index in [1.807, 2.05) is 44.4 Å². The van der Waals surface area contributed by atoms with Crippen LogP contribution in [0.5, 0.6) is 0 Å². The van der Waals surface area contributed by atoms with E-state index < -0.39 is 0 Å². The van der Waals surface area contributed by atoms with Gasteiger partial charge in [0.1, 0.15) is 5.84 Å². The zero-order valence-corrected chi connectivity index (χ0v) is 10.8. The molecule has 0 aliphatic rings. The average Bonchev–Trinajstić information content (AvgIpc) is 2.17. The molecule has 88 valence electrons. The van der Waals surface area contributed by atoms with E-state index in [2.05, 4.69) is 4.99 Å². The molecule has 0 saturated heterocycles. The third-order valence-electron chi connectivity index (χ3n) is 2.16. The van der Waals surface area contributed by atoms with Crippen molar-refractivity contribution in [2.45, 2.75) is 19.4 Å². The summed E-state index contributed by atoms with van der Waals surface area (Å²) in [5, 5.41) is 0. The van der Waals surface area contributed by atoms with Crippen LogP contribution in [0.25, 0.3) is 0 Å². The van der Waals surface area contributed by atoms with E-state index in [4.69, 9.17) is 11.5 Å². The van der Waals surface area contributed by atoms with Crippen molar-refractivity contribution in [1.82, 2.24) is 0 Å². The summed E-state index contributed by atoms with van der Waals surface area (Å²) in [7, 11) is 0. The van der Waals surface area contributed by atoms with Crippen LogP contribution < -0.4 is 11.5 Å². The fourth-order valence-electron chi connectivity index (χ4n) is 1.32. The summed E-state index contributed by atoms with van der Waals surface area (Å²) in [6, 6.07) is 7.87. The predicted molar refractivity (Wildman–Crippen MR) is 73.3 cm³/mol. The lowest BCUT2D eigenvalue weighted by Crippen LogP contribution is -2.28. The van der Waals surface area contributed by atoms with E-state index in [0.29, 0.717) is 5.84 Å². The highest BCUT2D eigenvalue weighted by Crippen LogP contribution is 2.22. The number of hydrogen-bond donors (Lipinski definition) is 2. The summed E-state index contributed by atoms with van der Waals surface area (Å²) < 4.78 is 0. The number of amidine groups is 1. The molecule has 16 heavy (non-hydrogen) atoms. The minimum Gasteiger partial charge on any atom is -0.386 e. The first-order valence-electron chi connectivity index (χ1n) is 5.15. The molecule has 0 heterocycles. The normalized spacial score (nSPS) is 12.9. The van der Waals surface area contributed by atoms with E-state index in [0.717, 1.165) is 17.0 Å². The van der Waals surface area contributed by atoms with Crippen LogP contribution >= 0.6 is 11.8 Å². The van der Waals surface area contributed by atoms with Crippen LogP contribution in [0, 0.1) is 0 Å². The fourth-order valence-corrected chi connectivity index (χ4v) is 1.68. The van der Waals surface area contributed by atoms with Gasteiger partial charge in [0.05, 0.1) is 11.4 Å². The van der Waals surface area contributed by atoms with Crippen LogP contribution in [0.4, 0.5) is 5.69 Å². The SMILES string of the molecule is CSCC(N)=Nc1cccc(C(C)(C)N)c1. The molecular weight excluding hydrogens is 218 g/mol. The minimum absolute atomic E-state index is 0.347. The maximum Gasteiger partial charge on any atom is 0.110 e. The van der Waals surface area contributed by atoms with Crippen LogP contribution in [0.15, 0.2) is 29.3 Å². The number of thioether (sulfide) groups is 1. The summed E-state index contributed by atoms with van der Waals surface area (Å²) >= 11 is 1.66. The zero-order valence-electron chi connectivity index (χ0n) is 10.0. The van der Waals surface area contributed by atoms with Crippen molar-refractivity contribution < 1.29 is 0 Å². The van der Waals surface area contributed by atoms with E-state index in [-0.39, 0.29) is 5.54 Å². The minimum atomic E-state index is -0.347. The largest absolute Gasteiger partial charge is 0.386 e. The monoisotopic (exact) mass is 237 g/mol. The van der Waals surface area contributed by atoms with E-state index >= 15 is 0 Å². The molecule has 1 rings (SSSR count). The maximum absolute atomic E-state index is 6.03. The third-order valence-corrected chi connectivity index (χ3v) is 2.74. The Morgan fingerprint density at radius 3 is 2.69 bits per heavy atom.